The SMILES string of the molecule is CN(C)CCCOc1ccc(Br)cc1C#N. The maximum atomic E-state index is 8.93. The molecular formula is C12H15BrN2O. The predicted molar refractivity (Wildman–Crippen MR) is 67.5 cm³/mol. The van der Waals surface area contributed by atoms with Crippen LogP contribution in [0.1, 0.15) is 12.0 Å². The summed E-state index contributed by atoms with van der Waals surface area (Å²) in [4.78, 5) is 2.11. The molecule has 86 valence electrons. The lowest BCUT2D eigenvalue weighted by molar-refractivity contribution is 0.281. The summed E-state index contributed by atoms with van der Waals surface area (Å²) in [6.07, 6.45) is 0.952. The molecule has 0 spiro atoms. The second kappa shape index (κ2) is 6.51. The van der Waals surface area contributed by atoms with Crippen LogP contribution in [0.3, 0.4) is 0 Å². The number of hydrogen-bond acceptors (Lipinski definition) is 3. The van der Waals surface area contributed by atoms with Crippen LogP contribution in [0.5, 0.6) is 5.75 Å². The monoisotopic (exact) mass is 282 g/mol. The number of rotatable bonds is 5. The molecule has 4 heteroatoms. The van der Waals surface area contributed by atoms with Gasteiger partial charge in [-0.25, -0.2) is 0 Å². The van der Waals surface area contributed by atoms with Crippen molar-refractivity contribution in [1.82, 2.24) is 4.90 Å². The lowest BCUT2D eigenvalue weighted by atomic mass is 10.2. The van der Waals surface area contributed by atoms with Gasteiger partial charge < -0.3 is 9.64 Å². The van der Waals surface area contributed by atoms with Crippen LogP contribution in [-0.2, 0) is 0 Å². The van der Waals surface area contributed by atoms with E-state index < -0.39 is 0 Å². The third-order valence-corrected chi connectivity index (χ3v) is 2.56. The summed E-state index contributed by atoms with van der Waals surface area (Å²) >= 11 is 3.32. The molecule has 0 amide bonds. The Balaban J connectivity index is 2.51. The van der Waals surface area contributed by atoms with Gasteiger partial charge in [0.2, 0.25) is 0 Å². The van der Waals surface area contributed by atoms with E-state index in [-0.39, 0.29) is 0 Å². The molecule has 0 unspecified atom stereocenters. The minimum Gasteiger partial charge on any atom is -0.492 e. The number of nitriles is 1. The highest BCUT2D eigenvalue weighted by Crippen LogP contribution is 2.22. The van der Waals surface area contributed by atoms with Crippen LogP contribution < -0.4 is 4.74 Å². The minimum absolute atomic E-state index is 0.569. The summed E-state index contributed by atoms with van der Waals surface area (Å²) in [6.45, 7) is 1.62. The highest BCUT2D eigenvalue weighted by molar-refractivity contribution is 9.10. The van der Waals surface area contributed by atoms with Crippen LogP contribution in [0.2, 0.25) is 0 Å². The van der Waals surface area contributed by atoms with Crippen molar-refractivity contribution in [2.24, 2.45) is 0 Å². The maximum absolute atomic E-state index is 8.93. The van der Waals surface area contributed by atoms with Crippen molar-refractivity contribution in [3.05, 3.63) is 28.2 Å². The lowest BCUT2D eigenvalue weighted by Crippen LogP contribution is -2.15. The topological polar surface area (TPSA) is 36.3 Å². The Labute approximate surface area is 105 Å². The fraction of sp³-hybridized carbons (Fsp3) is 0.417. The molecular weight excluding hydrogens is 268 g/mol. The summed E-state index contributed by atoms with van der Waals surface area (Å²) < 4.78 is 6.46. The fourth-order valence-corrected chi connectivity index (χ4v) is 1.64. The smallest absolute Gasteiger partial charge is 0.137 e. The molecule has 1 aromatic rings. The molecule has 0 heterocycles. The minimum atomic E-state index is 0.569. The molecule has 0 fully saturated rings. The van der Waals surface area contributed by atoms with Gasteiger partial charge in [0.15, 0.2) is 0 Å². The zero-order valence-corrected chi connectivity index (χ0v) is 11.1. The number of nitrogens with zero attached hydrogens (tertiary/aromatic N) is 2. The van der Waals surface area contributed by atoms with Crippen LogP contribution >= 0.6 is 15.9 Å². The molecule has 16 heavy (non-hydrogen) atoms. The van der Waals surface area contributed by atoms with Gasteiger partial charge in [0.1, 0.15) is 11.8 Å². The molecule has 0 radical (unpaired) electrons. The van der Waals surface area contributed by atoms with Gasteiger partial charge in [0.05, 0.1) is 12.2 Å². The van der Waals surface area contributed by atoms with Crippen molar-refractivity contribution in [3.63, 3.8) is 0 Å². The van der Waals surface area contributed by atoms with Crippen molar-refractivity contribution < 1.29 is 4.74 Å². The first-order valence-electron chi connectivity index (χ1n) is 5.10. The Kier molecular flexibility index (Phi) is 5.30. The average molecular weight is 283 g/mol. The van der Waals surface area contributed by atoms with Crippen molar-refractivity contribution in [1.29, 1.82) is 5.26 Å². The van der Waals surface area contributed by atoms with E-state index >= 15 is 0 Å². The normalized spacial score (nSPS) is 10.2. The standard InChI is InChI=1S/C12H15BrN2O/c1-15(2)6-3-7-16-12-5-4-11(13)8-10(12)9-14/h4-5,8H,3,6-7H2,1-2H3. The molecule has 0 bridgehead atoms. The van der Waals surface area contributed by atoms with Crippen LogP contribution in [0, 0.1) is 11.3 Å². The van der Waals surface area contributed by atoms with Crippen LogP contribution in [-0.4, -0.2) is 32.1 Å². The van der Waals surface area contributed by atoms with Crippen LogP contribution in [0.15, 0.2) is 22.7 Å². The number of ether oxygens (including phenoxy) is 1. The average Bonchev–Trinajstić information content (AvgIpc) is 2.25. The van der Waals surface area contributed by atoms with E-state index in [1.807, 2.05) is 26.2 Å². The third-order valence-electron chi connectivity index (χ3n) is 2.07. The van der Waals surface area contributed by atoms with Gasteiger partial charge in [0, 0.05) is 11.0 Å². The molecule has 0 saturated heterocycles. The third kappa shape index (κ3) is 4.21. The molecule has 0 saturated carbocycles. The zero-order valence-electron chi connectivity index (χ0n) is 9.53. The van der Waals surface area contributed by atoms with E-state index in [1.54, 1.807) is 6.07 Å². The van der Waals surface area contributed by atoms with E-state index in [4.69, 9.17) is 10.00 Å². The first-order chi connectivity index (χ1) is 7.63. The summed E-state index contributed by atoms with van der Waals surface area (Å²) in [5, 5.41) is 8.93. The lowest BCUT2D eigenvalue weighted by Gasteiger charge is -2.11. The van der Waals surface area contributed by atoms with Crippen molar-refractivity contribution in [3.8, 4) is 11.8 Å². The fourth-order valence-electron chi connectivity index (χ4n) is 1.28. The Morgan fingerprint density at radius 3 is 2.81 bits per heavy atom. The molecule has 1 rings (SSSR count). The highest BCUT2D eigenvalue weighted by Gasteiger charge is 2.03. The molecule has 1 aromatic carbocycles. The van der Waals surface area contributed by atoms with Gasteiger partial charge >= 0.3 is 0 Å². The Morgan fingerprint density at radius 1 is 1.44 bits per heavy atom. The first kappa shape index (κ1) is 13.0. The Morgan fingerprint density at radius 2 is 2.19 bits per heavy atom. The van der Waals surface area contributed by atoms with E-state index in [1.165, 1.54) is 0 Å². The summed E-state index contributed by atoms with van der Waals surface area (Å²) in [5.41, 5.74) is 0.569. The Bertz CT molecular complexity index is 385. The predicted octanol–water partition coefficient (Wildman–Crippen LogP) is 2.65. The second-order valence-corrected chi connectivity index (χ2v) is 4.67. The Hall–Kier alpha value is -1.05. The number of hydrogen-bond donors (Lipinski definition) is 0. The number of halogens is 1. The molecule has 0 aliphatic heterocycles. The van der Waals surface area contributed by atoms with E-state index in [0.717, 1.165) is 17.4 Å². The van der Waals surface area contributed by atoms with Gasteiger partial charge in [-0.2, -0.15) is 5.26 Å². The number of benzene rings is 1. The second-order valence-electron chi connectivity index (χ2n) is 3.76. The maximum Gasteiger partial charge on any atom is 0.137 e. The van der Waals surface area contributed by atoms with Crippen LogP contribution in [0.25, 0.3) is 0 Å². The summed E-state index contributed by atoms with van der Waals surface area (Å²) in [6, 6.07) is 7.58. The van der Waals surface area contributed by atoms with Crippen LogP contribution in [0.4, 0.5) is 0 Å². The molecule has 3 nitrogen and oxygen atoms in total. The molecule has 0 aliphatic rings. The van der Waals surface area contributed by atoms with E-state index in [2.05, 4.69) is 26.9 Å². The van der Waals surface area contributed by atoms with Crippen molar-refractivity contribution in [2.45, 2.75) is 6.42 Å². The van der Waals surface area contributed by atoms with Gasteiger partial charge in [-0.15, -0.1) is 0 Å². The van der Waals surface area contributed by atoms with Crippen molar-refractivity contribution >= 4 is 15.9 Å². The molecule has 0 atom stereocenters. The van der Waals surface area contributed by atoms with E-state index in [0.29, 0.717) is 17.9 Å². The summed E-state index contributed by atoms with van der Waals surface area (Å²) in [5.74, 6) is 0.657. The van der Waals surface area contributed by atoms with E-state index in [9.17, 15) is 0 Å². The zero-order chi connectivity index (χ0) is 12.0. The van der Waals surface area contributed by atoms with Gasteiger partial charge in [-0.05, 0) is 38.7 Å². The van der Waals surface area contributed by atoms with Gasteiger partial charge in [0.25, 0.3) is 0 Å². The summed E-state index contributed by atoms with van der Waals surface area (Å²) in [7, 11) is 4.06. The van der Waals surface area contributed by atoms with Gasteiger partial charge in [-0.3, -0.25) is 0 Å². The largest absolute Gasteiger partial charge is 0.492 e. The quantitative estimate of drug-likeness (QED) is 0.779. The molecule has 0 aromatic heterocycles. The molecule has 0 N–H and O–H groups in total. The van der Waals surface area contributed by atoms with Gasteiger partial charge in [-0.1, -0.05) is 15.9 Å². The van der Waals surface area contributed by atoms with Crippen molar-refractivity contribution in [2.75, 3.05) is 27.2 Å². The molecule has 0 aliphatic carbocycles. The first-order valence-corrected chi connectivity index (χ1v) is 5.90. The highest BCUT2D eigenvalue weighted by atomic mass is 79.9.